The predicted molar refractivity (Wildman–Crippen MR) is 79.5 cm³/mol. The molecule has 0 spiro atoms. The summed E-state index contributed by atoms with van der Waals surface area (Å²) in [6, 6.07) is 7.71. The van der Waals surface area contributed by atoms with Gasteiger partial charge in [-0.2, -0.15) is 18.3 Å². The number of carbonyl (C=O) groups excluding carboxylic acids is 1. The van der Waals surface area contributed by atoms with Crippen LogP contribution in [0.15, 0.2) is 36.5 Å². The molecule has 6 nitrogen and oxygen atoms in total. The Hall–Kier alpha value is -2.84. The van der Waals surface area contributed by atoms with Crippen LogP contribution in [0.5, 0.6) is 0 Å². The van der Waals surface area contributed by atoms with Gasteiger partial charge in [0.2, 0.25) is 5.91 Å². The molecule has 2 heterocycles. The molecule has 0 fully saturated rings. The summed E-state index contributed by atoms with van der Waals surface area (Å²) in [4.78, 5) is 25.2. The average Bonchev–Trinajstić information content (AvgIpc) is 3.02. The highest BCUT2D eigenvalue weighted by Crippen LogP contribution is 2.29. The first-order valence-electron chi connectivity index (χ1n) is 7.44. The van der Waals surface area contributed by atoms with Crippen LogP contribution in [0.3, 0.4) is 0 Å². The first-order valence-corrected chi connectivity index (χ1v) is 7.44. The van der Waals surface area contributed by atoms with Crippen molar-refractivity contribution >= 4 is 11.9 Å². The number of nitrogens with zero attached hydrogens (tertiary/aromatic N) is 3. The number of aliphatic carboxylic acids is 1. The smallest absolute Gasteiger partial charge is 0.435 e. The zero-order valence-electron chi connectivity index (χ0n) is 12.9. The lowest BCUT2D eigenvalue weighted by molar-refractivity contribution is -0.143. The molecule has 1 unspecified atom stereocenters. The molecule has 1 aliphatic rings. The molecule has 2 aromatic rings. The highest BCUT2D eigenvalue weighted by atomic mass is 19.4. The lowest BCUT2D eigenvalue weighted by Crippen LogP contribution is -2.42. The first kappa shape index (κ1) is 17.0. The van der Waals surface area contributed by atoms with E-state index in [1.807, 2.05) is 0 Å². The van der Waals surface area contributed by atoms with E-state index in [2.05, 4.69) is 5.10 Å². The fraction of sp³-hybridized carbons (Fsp3) is 0.312. The Bertz CT molecular complexity index is 816. The number of rotatable bonds is 3. The molecular weight excluding hydrogens is 339 g/mol. The Kier molecular flexibility index (Phi) is 4.23. The fourth-order valence-electron chi connectivity index (χ4n) is 2.85. The summed E-state index contributed by atoms with van der Waals surface area (Å²) in [6.07, 6.45) is -3.50. The SMILES string of the molecule is O=C(O)C1CN(C(=O)Cn2ccc(C(F)(F)F)n2)Cc2ccccc21. The van der Waals surface area contributed by atoms with Crippen LogP contribution in [0.1, 0.15) is 22.7 Å². The van der Waals surface area contributed by atoms with Crippen molar-refractivity contribution in [3.63, 3.8) is 0 Å². The van der Waals surface area contributed by atoms with Crippen molar-refractivity contribution < 1.29 is 27.9 Å². The van der Waals surface area contributed by atoms with E-state index in [0.29, 0.717) is 11.1 Å². The van der Waals surface area contributed by atoms with E-state index in [0.717, 1.165) is 16.9 Å². The van der Waals surface area contributed by atoms with Crippen LogP contribution in [0, 0.1) is 0 Å². The number of carboxylic acid groups (broad SMARTS) is 1. The molecule has 132 valence electrons. The molecule has 25 heavy (non-hydrogen) atoms. The monoisotopic (exact) mass is 353 g/mol. The summed E-state index contributed by atoms with van der Waals surface area (Å²) in [5, 5.41) is 12.7. The van der Waals surface area contributed by atoms with Crippen molar-refractivity contribution in [2.45, 2.75) is 25.2 Å². The number of benzene rings is 1. The number of alkyl halides is 3. The van der Waals surface area contributed by atoms with Crippen LogP contribution >= 0.6 is 0 Å². The maximum Gasteiger partial charge on any atom is 0.435 e. The van der Waals surface area contributed by atoms with Gasteiger partial charge in [-0.1, -0.05) is 24.3 Å². The molecule has 0 radical (unpaired) electrons. The highest BCUT2D eigenvalue weighted by molar-refractivity contribution is 5.81. The minimum atomic E-state index is -4.58. The van der Waals surface area contributed by atoms with Gasteiger partial charge in [-0.15, -0.1) is 0 Å². The van der Waals surface area contributed by atoms with Gasteiger partial charge in [0, 0.05) is 19.3 Å². The molecule has 0 saturated carbocycles. The lowest BCUT2D eigenvalue weighted by Gasteiger charge is -2.32. The Morgan fingerprint density at radius 2 is 1.96 bits per heavy atom. The molecule has 1 amide bonds. The number of carbonyl (C=O) groups is 2. The van der Waals surface area contributed by atoms with Crippen LogP contribution in [0.4, 0.5) is 13.2 Å². The third-order valence-electron chi connectivity index (χ3n) is 4.07. The van der Waals surface area contributed by atoms with Crippen molar-refractivity contribution in [1.82, 2.24) is 14.7 Å². The average molecular weight is 353 g/mol. The Balaban J connectivity index is 1.77. The standard InChI is InChI=1S/C16H14F3N3O3/c17-16(18,19)13-5-6-22(20-13)9-14(23)21-7-10-3-1-2-4-11(10)12(8-21)15(24)25/h1-6,12H,7-9H2,(H,24,25). The first-order chi connectivity index (χ1) is 11.8. The summed E-state index contributed by atoms with van der Waals surface area (Å²) in [5.41, 5.74) is 0.288. The van der Waals surface area contributed by atoms with E-state index in [9.17, 15) is 27.9 Å². The molecule has 0 saturated heterocycles. The van der Waals surface area contributed by atoms with Crippen LogP contribution in [-0.2, 0) is 28.9 Å². The summed E-state index contributed by atoms with van der Waals surface area (Å²) in [6.45, 7) is -0.199. The maximum atomic E-state index is 12.6. The quantitative estimate of drug-likeness (QED) is 0.917. The number of hydrogen-bond donors (Lipinski definition) is 1. The van der Waals surface area contributed by atoms with Crippen molar-refractivity contribution in [1.29, 1.82) is 0 Å². The molecule has 1 aliphatic heterocycles. The van der Waals surface area contributed by atoms with Crippen LogP contribution in [0.2, 0.25) is 0 Å². The van der Waals surface area contributed by atoms with Gasteiger partial charge in [-0.25, -0.2) is 0 Å². The molecule has 1 N–H and O–H groups in total. The Labute approximate surface area is 140 Å². The highest BCUT2D eigenvalue weighted by Gasteiger charge is 2.35. The minimum absolute atomic E-state index is 0.0292. The normalized spacial score (nSPS) is 17.2. The van der Waals surface area contributed by atoms with Gasteiger partial charge in [0.25, 0.3) is 0 Å². The van der Waals surface area contributed by atoms with E-state index in [1.165, 1.54) is 4.90 Å². The Morgan fingerprint density at radius 1 is 1.24 bits per heavy atom. The summed E-state index contributed by atoms with van der Waals surface area (Å²) >= 11 is 0. The molecule has 1 aromatic carbocycles. The lowest BCUT2D eigenvalue weighted by atomic mass is 9.90. The van der Waals surface area contributed by atoms with Gasteiger partial charge in [-0.3, -0.25) is 14.3 Å². The molecule has 0 aliphatic carbocycles. The number of aromatic nitrogens is 2. The number of carboxylic acids is 1. The second-order valence-corrected chi connectivity index (χ2v) is 5.76. The summed E-state index contributed by atoms with van der Waals surface area (Å²) in [5.74, 6) is -2.40. The van der Waals surface area contributed by atoms with Gasteiger partial charge >= 0.3 is 12.1 Å². The fourth-order valence-corrected chi connectivity index (χ4v) is 2.85. The molecule has 9 heteroatoms. The van der Waals surface area contributed by atoms with Gasteiger partial charge < -0.3 is 10.0 Å². The molecule has 3 rings (SSSR count). The van der Waals surface area contributed by atoms with Crippen LogP contribution in [0.25, 0.3) is 0 Å². The zero-order chi connectivity index (χ0) is 18.2. The van der Waals surface area contributed by atoms with E-state index in [4.69, 9.17) is 0 Å². The largest absolute Gasteiger partial charge is 0.481 e. The van der Waals surface area contributed by atoms with Crippen molar-refractivity contribution in [2.75, 3.05) is 6.54 Å². The second-order valence-electron chi connectivity index (χ2n) is 5.76. The molecular formula is C16H14F3N3O3. The van der Waals surface area contributed by atoms with Gasteiger partial charge in [0.1, 0.15) is 6.54 Å². The zero-order valence-corrected chi connectivity index (χ0v) is 12.9. The third-order valence-corrected chi connectivity index (χ3v) is 4.07. The van der Waals surface area contributed by atoms with Crippen molar-refractivity contribution in [2.24, 2.45) is 0 Å². The van der Waals surface area contributed by atoms with Crippen LogP contribution < -0.4 is 0 Å². The van der Waals surface area contributed by atoms with Gasteiger partial charge in [0.15, 0.2) is 5.69 Å². The molecule has 1 atom stereocenters. The molecule has 1 aromatic heterocycles. The van der Waals surface area contributed by atoms with Gasteiger partial charge in [-0.05, 0) is 17.2 Å². The predicted octanol–water partition coefficient (Wildman–Crippen LogP) is 2.11. The van der Waals surface area contributed by atoms with Gasteiger partial charge in [0.05, 0.1) is 5.92 Å². The number of hydrogen-bond acceptors (Lipinski definition) is 3. The second kappa shape index (κ2) is 6.23. The van der Waals surface area contributed by atoms with Crippen molar-refractivity contribution in [3.05, 3.63) is 53.3 Å². The van der Waals surface area contributed by atoms with E-state index >= 15 is 0 Å². The van der Waals surface area contributed by atoms with E-state index in [1.54, 1.807) is 24.3 Å². The maximum absolute atomic E-state index is 12.6. The number of halogens is 3. The number of fused-ring (bicyclic) bond motifs is 1. The summed E-state index contributed by atoms with van der Waals surface area (Å²) < 4.78 is 38.6. The minimum Gasteiger partial charge on any atom is -0.481 e. The molecule has 0 bridgehead atoms. The number of amides is 1. The topological polar surface area (TPSA) is 75.4 Å². The van der Waals surface area contributed by atoms with Crippen molar-refractivity contribution in [3.8, 4) is 0 Å². The van der Waals surface area contributed by atoms with E-state index in [-0.39, 0.29) is 19.6 Å². The van der Waals surface area contributed by atoms with Crippen LogP contribution in [-0.4, -0.2) is 38.2 Å². The Morgan fingerprint density at radius 3 is 2.60 bits per heavy atom. The third kappa shape index (κ3) is 3.49. The van der Waals surface area contributed by atoms with E-state index < -0.39 is 29.7 Å². The summed E-state index contributed by atoms with van der Waals surface area (Å²) in [7, 11) is 0.